The van der Waals surface area contributed by atoms with Gasteiger partial charge in [-0.3, -0.25) is 9.59 Å². The molecule has 0 aliphatic rings. The summed E-state index contributed by atoms with van der Waals surface area (Å²) in [7, 11) is 0. The Morgan fingerprint density at radius 1 is 0.850 bits per heavy atom. The quantitative estimate of drug-likeness (QED) is 0.226. The van der Waals surface area contributed by atoms with E-state index in [-0.39, 0.29) is 30.5 Å². The first-order valence-electron chi connectivity index (χ1n) is 12.7. The number of hydrogen-bond donors (Lipinski definition) is 2. The standard InChI is InChI=1S/C32H28F3NO4/c1-20-3-5-24(6-4-20)28-16-13-26(23-11-14-27(15-12-23)40-32(33,34)35)19-29(28)21(2)22-7-9-25(10-8-22)31(39)36-18-17-30(37)38/h3-16,19,21H,17-18H2,1-2H3,(H,36,39)(H,37,38). The molecule has 0 radical (unpaired) electrons. The molecule has 1 amide bonds. The average Bonchev–Trinajstić information content (AvgIpc) is 2.92. The van der Waals surface area contributed by atoms with Gasteiger partial charge >= 0.3 is 12.3 Å². The number of halogens is 3. The molecule has 0 aliphatic carbocycles. The normalized spacial score (nSPS) is 12.0. The van der Waals surface area contributed by atoms with Crippen molar-refractivity contribution in [2.24, 2.45) is 0 Å². The molecule has 0 bridgehead atoms. The predicted molar refractivity (Wildman–Crippen MR) is 147 cm³/mol. The highest BCUT2D eigenvalue weighted by atomic mass is 19.4. The van der Waals surface area contributed by atoms with Crippen LogP contribution >= 0.6 is 0 Å². The number of benzene rings is 4. The molecule has 4 rings (SSSR count). The fourth-order valence-corrected chi connectivity index (χ4v) is 4.43. The number of amides is 1. The Morgan fingerprint density at radius 2 is 1.45 bits per heavy atom. The number of aryl methyl sites for hydroxylation is 1. The van der Waals surface area contributed by atoms with E-state index < -0.39 is 12.3 Å². The van der Waals surface area contributed by atoms with Crippen molar-refractivity contribution in [3.8, 4) is 28.0 Å². The van der Waals surface area contributed by atoms with Crippen molar-refractivity contribution in [2.45, 2.75) is 32.5 Å². The minimum atomic E-state index is -4.76. The van der Waals surface area contributed by atoms with Gasteiger partial charge in [0.05, 0.1) is 6.42 Å². The summed E-state index contributed by atoms with van der Waals surface area (Å²) in [6.07, 6.45) is -4.91. The van der Waals surface area contributed by atoms with Gasteiger partial charge in [0.1, 0.15) is 5.75 Å². The van der Waals surface area contributed by atoms with E-state index in [0.717, 1.165) is 38.9 Å². The highest BCUT2D eigenvalue weighted by molar-refractivity contribution is 5.94. The fourth-order valence-electron chi connectivity index (χ4n) is 4.43. The number of nitrogens with one attached hydrogen (secondary N) is 1. The maximum Gasteiger partial charge on any atom is 0.573 e. The maximum absolute atomic E-state index is 12.6. The monoisotopic (exact) mass is 547 g/mol. The Hall–Kier alpha value is -4.59. The molecule has 8 heteroatoms. The first kappa shape index (κ1) is 28.4. The molecule has 0 aliphatic heterocycles. The summed E-state index contributed by atoms with van der Waals surface area (Å²) in [5, 5.41) is 11.4. The number of hydrogen-bond acceptors (Lipinski definition) is 3. The van der Waals surface area contributed by atoms with Crippen LogP contribution in [0.1, 0.15) is 46.3 Å². The molecule has 0 saturated heterocycles. The highest BCUT2D eigenvalue weighted by Gasteiger charge is 2.31. The van der Waals surface area contributed by atoms with Crippen molar-refractivity contribution in [3.05, 3.63) is 113 Å². The lowest BCUT2D eigenvalue weighted by atomic mass is 9.85. The molecule has 0 heterocycles. The van der Waals surface area contributed by atoms with E-state index >= 15 is 0 Å². The van der Waals surface area contributed by atoms with Gasteiger partial charge in [0.2, 0.25) is 0 Å². The van der Waals surface area contributed by atoms with Crippen LogP contribution in [0.3, 0.4) is 0 Å². The van der Waals surface area contributed by atoms with Gasteiger partial charge in [-0.2, -0.15) is 0 Å². The first-order valence-corrected chi connectivity index (χ1v) is 12.7. The van der Waals surface area contributed by atoms with Crippen LogP contribution < -0.4 is 10.1 Å². The number of carbonyl (C=O) groups excluding carboxylic acids is 1. The fraction of sp³-hybridized carbons (Fsp3) is 0.188. The Bertz CT molecular complexity index is 1480. The third kappa shape index (κ3) is 7.28. The number of rotatable bonds is 9. The lowest BCUT2D eigenvalue weighted by Crippen LogP contribution is -2.25. The van der Waals surface area contributed by atoms with Crippen molar-refractivity contribution in [1.29, 1.82) is 0 Å². The summed E-state index contributed by atoms with van der Waals surface area (Å²) in [6, 6.07) is 27.1. The zero-order chi connectivity index (χ0) is 28.9. The predicted octanol–water partition coefficient (Wildman–Crippen LogP) is 7.58. The molecular formula is C32H28F3NO4. The molecule has 5 nitrogen and oxygen atoms in total. The van der Waals surface area contributed by atoms with Gasteiger partial charge in [-0.1, -0.05) is 73.2 Å². The van der Waals surface area contributed by atoms with E-state index in [0.29, 0.717) is 5.56 Å². The van der Waals surface area contributed by atoms with E-state index in [9.17, 15) is 22.8 Å². The Balaban J connectivity index is 1.66. The maximum atomic E-state index is 12.6. The molecule has 0 fully saturated rings. The number of carboxylic acid groups (broad SMARTS) is 1. The third-order valence-corrected chi connectivity index (χ3v) is 6.60. The highest BCUT2D eigenvalue weighted by Crippen LogP contribution is 2.37. The van der Waals surface area contributed by atoms with E-state index in [2.05, 4.69) is 17.0 Å². The van der Waals surface area contributed by atoms with E-state index in [4.69, 9.17) is 5.11 Å². The zero-order valence-corrected chi connectivity index (χ0v) is 22.0. The van der Waals surface area contributed by atoms with Crippen LogP contribution in [0.15, 0.2) is 91.0 Å². The SMILES string of the molecule is Cc1ccc(-c2ccc(-c3ccc(OC(F)(F)F)cc3)cc2C(C)c2ccc(C(=O)NCCC(=O)O)cc2)cc1. The van der Waals surface area contributed by atoms with E-state index in [1.165, 1.54) is 12.1 Å². The van der Waals surface area contributed by atoms with Crippen molar-refractivity contribution in [1.82, 2.24) is 5.32 Å². The van der Waals surface area contributed by atoms with Gasteiger partial charge in [0.25, 0.3) is 5.91 Å². The second-order valence-electron chi connectivity index (χ2n) is 9.48. The van der Waals surface area contributed by atoms with Gasteiger partial charge in [-0.15, -0.1) is 13.2 Å². The van der Waals surface area contributed by atoms with Crippen molar-refractivity contribution < 1.29 is 32.6 Å². The van der Waals surface area contributed by atoms with Crippen LogP contribution in [0.5, 0.6) is 5.75 Å². The lowest BCUT2D eigenvalue weighted by molar-refractivity contribution is -0.274. The average molecular weight is 548 g/mol. The van der Waals surface area contributed by atoms with Crippen LogP contribution in [0, 0.1) is 6.92 Å². The van der Waals surface area contributed by atoms with Gasteiger partial charge in [-0.25, -0.2) is 0 Å². The largest absolute Gasteiger partial charge is 0.573 e. The third-order valence-electron chi connectivity index (χ3n) is 6.60. The van der Waals surface area contributed by atoms with Crippen molar-refractivity contribution in [3.63, 3.8) is 0 Å². The molecule has 0 saturated carbocycles. The van der Waals surface area contributed by atoms with Gasteiger partial charge in [0.15, 0.2) is 0 Å². The molecule has 206 valence electrons. The van der Waals surface area contributed by atoms with Crippen LogP contribution in [0.4, 0.5) is 13.2 Å². The van der Waals surface area contributed by atoms with Gasteiger partial charge in [-0.05, 0) is 70.6 Å². The number of carboxylic acids is 1. The summed E-state index contributed by atoms with van der Waals surface area (Å²) < 4.78 is 41.8. The minimum Gasteiger partial charge on any atom is -0.481 e. The van der Waals surface area contributed by atoms with Gasteiger partial charge < -0.3 is 15.2 Å². The van der Waals surface area contributed by atoms with Crippen LogP contribution in [0.2, 0.25) is 0 Å². The second kappa shape index (κ2) is 12.1. The zero-order valence-electron chi connectivity index (χ0n) is 22.0. The topological polar surface area (TPSA) is 75.6 Å². The number of carbonyl (C=O) groups is 2. The smallest absolute Gasteiger partial charge is 0.481 e. The molecular weight excluding hydrogens is 519 g/mol. The van der Waals surface area contributed by atoms with Crippen LogP contribution in [-0.4, -0.2) is 29.9 Å². The van der Waals surface area contributed by atoms with E-state index in [1.807, 2.05) is 61.5 Å². The Morgan fingerprint density at radius 3 is 2.05 bits per heavy atom. The first-order chi connectivity index (χ1) is 19.0. The lowest BCUT2D eigenvalue weighted by Gasteiger charge is -2.20. The number of aliphatic carboxylic acids is 1. The molecule has 2 N–H and O–H groups in total. The van der Waals surface area contributed by atoms with Crippen molar-refractivity contribution >= 4 is 11.9 Å². The molecule has 1 unspecified atom stereocenters. The Labute approximate surface area is 230 Å². The summed E-state index contributed by atoms with van der Waals surface area (Å²) in [4.78, 5) is 23.1. The summed E-state index contributed by atoms with van der Waals surface area (Å²) >= 11 is 0. The summed E-state index contributed by atoms with van der Waals surface area (Å²) in [5.41, 5.74) is 7.16. The molecule has 1 atom stereocenters. The molecule has 40 heavy (non-hydrogen) atoms. The molecule has 4 aromatic carbocycles. The molecule has 0 aromatic heterocycles. The van der Waals surface area contributed by atoms with Crippen LogP contribution in [-0.2, 0) is 4.79 Å². The number of alkyl halides is 3. The van der Waals surface area contributed by atoms with Crippen LogP contribution in [0.25, 0.3) is 22.3 Å². The number of ether oxygens (including phenoxy) is 1. The van der Waals surface area contributed by atoms with Crippen molar-refractivity contribution in [2.75, 3.05) is 6.54 Å². The molecule has 0 spiro atoms. The second-order valence-corrected chi connectivity index (χ2v) is 9.48. The summed E-state index contributed by atoms with van der Waals surface area (Å²) in [6.45, 7) is 4.11. The Kier molecular flexibility index (Phi) is 8.58. The molecule has 4 aromatic rings. The minimum absolute atomic E-state index is 0.0440. The van der Waals surface area contributed by atoms with E-state index in [1.54, 1.807) is 24.3 Å². The van der Waals surface area contributed by atoms with Gasteiger partial charge in [0, 0.05) is 18.0 Å². The summed E-state index contributed by atoms with van der Waals surface area (Å²) in [5.74, 6) is -1.70.